The number of hydrogen-bond acceptors (Lipinski definition) is 5. The third-order valence-electron chi connectivity index (χ3n) is 4.14. The van der Waals surface area contributed by atoms with Gasteiger partial charge in [0.15, 0.2) is 0 Å². The number of morpholine rings is 1. The van der Waals surface area contributed by atoms with Crippen molar-refractivity contribution in [1.82, 2.24) is 9.21 Å². The summed E-state index contributed by atoms with van der Waals surface area (Å²) < 4.78 is 37.6. The number of piperidine rings is 1. The largest absolute Gasteiger partial charge is 0.450 e. The monoisotopic (exact) mass is 334 g/mol. The Morgan fingerprint density at radius 3 is 2.23 bits per heavy atom. The normalized spacial score (nSPS) is 28.6. The van der Waals surface area contributed by atoms with Crippen molar-refractivity contribution in [2.24, 2.45) is 0 Å². The topological polar surface area (TPSA) is 76.2 Å². The molecular formula is C14H26N2O5S. The molecule has 1 amide bonds. The summed E-state index contributed by atoms with van der Waals surface area (Å²) in [6.45, 7) is 7.55. The lowest BCUT2D eigenvalue weighted by Gasteiger charge is -2.38. The van der Waals surface area contributed by atoms with E-state index in [0.717, 1.165) is 0 Å². The molecule has 0 aromatic rings. The summed E-state index contributed by atoms with van der Waals surface area (Å²) in [5.41, 5.74) is 0. The van der Waals surface area contributed by atoms with E-state index >= 15 is 0 Å². The Bertz CT molecular complexity index is 477. The third kappa shape index (κ3) is 3.91. The lowest BCUT2D eigenvalue weighted by molar-refractivity contribution is -0.0444. The number of carbonyl (C=O) groups excluding carboxylic acids is 1. The number of amides is 1. The van der Waals surface area contributed by atoms with Gasteiger partial charge in [0.25, 0.3) is 0 Å². The zero-order chi connectivity index (χ0) is 16.3. The third-order valence-corrected chi connectivity index (χ3v) is 6.47. The molecule has 2 rings (SSSR count). The Labute approximate surface area is 132 Å². The molecule has 2 saturated heterocycles. The Kier molecular flexibility index (Phi) is 5.68. The van der Waals surface area contributed by atoms with E-state index < -0.39 is 15.3 Å². The number of nitrogens with zero attached hydrogens (tertiary/aromatic N) is 2. The molecule has 22 heavy (non-hydrogen) atoms. The van der Waals surface area contributed by atoms with E-state index in [9.17, 15) is 13.2 Å². The van der Waals surface area contributed by atoms with Gasteiger partial charge in [-0.05, 0) is 33.6 Å². The first-order valence-corrected chi connectivity index (χ1v) is 9.41. The standard InChI is InChI=1S/C14H26N2O5S/c1-4-20-14(17)15-7-5-13(6-8-15)22(18,19)16-9-11(2)21-12(3)10-16/h11-13H,4-10H2,1-3H3/t11-,12+. The highest BCUT2D eigenvalue weighted by Crippen LogP contribution is 2.24. The van der Waals surface area contributed by atoms with Gasteiger partial charge in [-0.25, -0.2) is 13.2 Å². The Hall–Kier alpha value is -0.860. The first kappa shape index (κ1) is 17.5. The summed E-state index contributed by atoms with van der Waals surface area (Å²) in [5, 5.41) is -0.421. The van der Waals surface area contributed by atoms with E-state index in [-0.39, 0.29) is 18.3 Å². The van der Waals surface area contributed by atoms with Gasteiger partial charge < -0.3 is 14.4 Å². The highest BCUT2D eigenvalue weighted by molar-refractivity contribution is 7.89. The van der Waals surface area contributed by atoms with Gasteiger partial charge in [-0.1, -0.05) is 0 Å². The Balaban J connectivity index is 1.96. The van der Waals surface area contributed by atoms with Crippen LogP contribution in [0.4, 0.5) is 4.79 Å². The van der Waals surface area contributed by atoms with E-state index in [2.05, 4.69) is 0 Å². The Morgan fingerprint density at radius 1 is 1.18 bits per heavy atom. The zero-order valence-electron chi connectivity index (χ0n) is 13.5. The predicted octanol–water partition coefficient (Wildman–Crippen LogP) is 1.05. The second-order valence-electron chi connectivity index (χ2n) is 6.00. The van der Waals surface area contributed by atoms with Gasteiger partial charge in [-0.2, -0.15) is 4.31 Å². The van der Waals surface area contributed by atoms with Crippen molar-refractivity contribution < 1.29 is 22.7 Å². The number of hydrogen-bond donors (Lipinski definition) is 0. The molecule has 2 aliphatic heterocycles. The molecule has 7 nitrogen and oxygen atoms in total. The summed E-state index contributed by atoms with van der Waals surface area (Å²) in [5.74, 6) is 0. The van der Waals surface area contributed by atoms with Crippen LogP contribution in [0.3, 0.4) is 0 Å². The lowest BCUT2D eigenvalue weighted by Crippen LogP contribution is -2.53. The highest BCUT2D eigenvalue weighted by atomic mass is 32.2. The number of likely N-dealkylation sites (tertiary alicyclic amines) is 1. The molecule has 0 bridgehead atoms. The zero-order valence-corrected chi connectivity index (χ0v) is 14.3. The maximum atomic E-state index is 12.8. The van der Waals surface area contributed by atoms with Gasteiger partial charge in [0.05, 0.1) is 24.1 Å². The maximum Gasteiger partial charge on any atom is 0.409 e. The molecule has 0 aromatic carbocycles. The van der Waals surface area contributed by atoms with Crippen LogP contribution in [0, 0.1) is 0 Å². The average Bonchev–Trinajstić information content (AvgIpc) is 2.46. The predicted molar refractivity (Wildman–Crippen MR) is 82.1 cm³/mol. The molecule has 0 saturated carbocycles. The molecule has 0 spiro atoms. The van der Waals surface area contributed by atoms with Gasteiger partial charge in [-0.3, -0.25) is 0 Å². The molecule has 0 aromatic heterocycles. The fourth-order valence-electron chi connectivity index (χ4n) is 3.10. The summed E-state index contributed by atoms with van der Waals surface area (Å²) in [6, 6.07) is 0. The van der Waals surface area contributed by atoms with E-state index in [0.29, 0.717) is 45.6 Å². The molecule has 2 fully saturated rings. The van der Waals surface area contributed by atoms with Crippen LogP contribution >= 0.6 is 0 Å². The molecule has 8 heteroatoms. The van der Waals surface area contributed by atoms with E-state index in [1.165, 1.54) is 0 Å². The van der Waals surface area contributed by atoms with E-state index in [1.54, 1.807) is 16.1 Å². The van der Waals surface area contributed by atoms with Gasteiger partial charge in [-0.15, -0.1) is 0 Å². The van der Waals surface area contributed by atoms with Crippen molar-refractivity contribution in [2.45, 2.75) is 51.1 Å². The summed E-state index contributed by atoms with van der Waals surface area (Å²) >= 11 is 0. The minimum Gasteiger partial charge on any atom is -0.450 e. The van der Waals surface area contributed by atoms with Gasteiger partial charge >= 0.3 is 6.09 Å². The number of rotatable bonds is 3. The summed E-state index contributed by atoms with van der Waals surface area (Å²) in [4.78, 5) is 13.3. The van der Waals surface area contributed by atoms with Crippen LogP contribution in [-0.4, -0.2) is 74.0 Å². The molecule has 2 heterocycles. The van der Waals surface area contributed by atoms with Crippen LogP contribution in [0.1, 0.15) is 33.6 Å². The molecular weight excluding hydrogens is 308 g/mol. The minimum absolute atomic E-state index is 0.0850. The van der Waals surface area contributed by atoms with Crippen LogP contribution in [0.2, 0.25) is 0 Å². The van der Waals surface area contributed by atoms with Crippen molar-refractivity contribution in [3.05, 3.63) is 0 Å². The fourth-order valence-corrected chi connectivity index (χ4v) is 5.16. The minimum atomic E-state index is -3.34. The SMILES string of the molecule is CCOC(=O)N1CCC(S(=O)(=O)N2C[C@@H](C)O[C@@H](C)C2)CC1. The van der Waals surface area contributed by atoms with Crippen molar-refractivity contribution >= 4 is 16.1 Å². The number of sulfonamides is 1. The van der Waals surface area contributed by atoms with E-state index in [1.807, 2.05) is 13.8 Å². The lowest BCUT2D eigenvalue weighted by atomic mass is 10.1. The second kappa shape index (κ2) is 7.14. The summed E-state index contributed by atoms with van der Waals surface area (Å²) in [6.07, 6.45) is 0.394. The molecule has 0 N–H and O–H groups in total. The van der Waals surface area contributed by atoms with Crippen molar-refractivity contribution in [3.63, 3.8) is 0 Å². The van der Waals surface area contributed by atoms with Gasteiger partial charge in [0, 0.05) is 26.2 Å². The molecule has 2 atom stereocenters. The first-order valence-electron chi connectivity index (χ1n) is 7.90. The quantitative estimate of drug-likeness (QED) is 0.771. The van der Waals surface area contributed by atoms with E-state index in [4.69, 9.17) is 9.47 Å². The van der Waals surface area contributed by atoms with Crippen LogP contribution in [0.25, 0.3) is 0 Å². The van der Waals surface area contributed by atoms with Gasteiger partial charge in [0.1, 0.15) is 0 Å². The summed E-state index contributed by atoms with van der Waals surface area (Å²) in [7, 11) is -3.34. The molecule has 2 aliphatic rings. The van der Waals surface area contributed by atoms with Gasteiger partial charge in [0.2, 0.25) is 10.0 Å². The van der Waals surface area contributed by atoms with Crippen LogP contribution < -0.4 is 0 Å². The van der Waals surface area contributed by atoms with Crippen molar-refractivity contribution in [3.8, 4) is 0 Å². The maximum absolute atomic E-state index is 12.8. The fraction of sp³-hybridized carbons (Fsp3) is 0.929. The van der Waals surface area contributed by atoms with Crippen LogP contribution in [0.5, 0.6) is 0 Å². The molecule has 0 aliphatic carbocycles. The van der Waals surface area contributed by atoms with Crippen molar-refractivity contribution in [2.75, 3.05) is 32.8 Å². The second-order valence-corrected chi connectivity index (χ2v) is 8.22. The van der Waals surface area contributed by atoms with Crippen LogP contribution in [0.15, 0.2) is 0 Å². The number of ether oxygens (including phenoxy) is 2. The van der Waals surface area contributed by atoms with Crippen molar-refractivity contribution in [1.29, 1.82) is 0 Å². The molecule has 0 unspecified atom stereocenters. The smallest absolute Gasteiger partial charge is 0.409 e. The molecule has 0 radical (unpaired) electrons. The molecule has 128 valence electrons. The highest BCUT2D eigenvalue weighted by Gasteiger charge is 2.38. The first-order chi connectivity index (χ1) is 10.3. The average molecular weight is 334 g/mol. The Morgan fingerprint density at radius 2 is 1.73 bits per heavy atom. The number of carbonyl (C=O) groups is 1. The van der Waals surface area contributed by atoms with Crippen LogP contribution in [-0.2, 0) is 19.5 Å².